The van der Waals surface area contributed by atoms with Crippen LogP contribution in [0.15, 0.2) is 60.7 Å². The van der Waals surface area contributed by atoms with E-state index < -0.39 is 0 Å². The van der Waals surface area contributed by atoms with E-state index in [1.54, 1.807) is 30.3 Å². The van der Waals surface area contributed by atoms with Crippen molar-refractivity contribution in [3.8, 4) is 0 Å². The maximum absolute atomic E-state index is 13.1. The summed E-state index contributed by atoms with van der Waals surface area (Å²) in [5.74, 6) is -0.208. The van der Waals surface area contributed by atoms with Gasteiger partial charge in [-0.05, 0) is 36.6 Å². The average Bonchev–Trinajstić information content (AvgIpc) is 2.67. The Morgan fingerprint density at radius 1 is 0.731 bits per heavy atom. The molecule has 0 fully saturated rings. The van der Waals surface area contributed by atoms with Crippen LogP contribution in [0.1, 0.15) is 49.9 Å². The number of anilines is 2. The van der Waals surface area contributed by atoms with E-state index in [2.05, 4.69) is 25.2 Å². The van der Waals surface area contributed by atoms with Crippen molar-refractivity contribution in [2.75, 3.05) is 5.32 Å². The highest BCUT2D eigenvalue weighted by Crippen LogP contribution is 2.34. The van der Waals surface area contributed by atoms with Crippen LogP contribution < -0.4 is 5.32 Å². The van der Waals surface area contributed by atoms with E-state index in [9.17, 15) is 9.59 Å². The van der Waals surface area contributed by atoms with E-state index in [0.717, 1.165) is 17.7 Å². The fourth-order valence-electron chi connectivity index (χ4n) is 3.60. The topological polar surface area (TPSA) is 46.2 Å². The molecule has 0 saturated heterocycles. The maximum atomic E-state index is 13.1. The molecule has 0 radical (unpaired) electrons. The SMILES string of the molecule is CCc1cccc(Nc2cccc3c2C(=O)c2ccccc2C3=O)c1C. The molecule has 128 valence electrons. The number of hydrogen-bond acceptors (Lipinski definition) is 3. The molecule has 0 spiro atoms. The standard InChI is InChI=1S/C23H19NO2/c1-3-15-8-6-12-19(14(15)2)24-20-13-7-11-18-21(20)23(26)17-10-5-4-9-16(17)22(18)25/h4-13,24H,3H2,1-2H3. The van der Waals surface area contributed by atoms with Crippen molar-refractivity contribution in [1.82, 2.24) is 0 Å². The van der Waals surface area contributed by atoms with Crippen LogP contribution in [0.5, 0.6) is 0 Å². The molecule has 3 aromatic carbocycles. The van der Waals surface area contributed by atoms with Gasteiger partial charge in [0.2, 0.25) is 0 Å². The zero-order chi connectivity index (χ0) is 18.3. The fourth-order valence-corrected chi connectivity index (χ4v) is 3.60. The van der Waals surface area contributed by atoms with E-state index in [4.69, 9.17) is 0 Å². The summed E-state index contributed by atoms with van der Waals surface area (Å²) in [6.07, 6.45) is 0.943. The number of nitrogens with one attached hydrogen (secondary N) is 1. The third-order valence-corrected chi connectivity index (χ3v) is 5.05. The Hall–Kier alpha value is -3.20. The van der Waals surface area contributed by atoms with Crippen molar-refractivity contribution in [3.63, 3.8) is 0 Å². The van der Waals surface area contributed by atoms with Gasteiger partial charge in [-0.25, -0.2) is 0 Å². The van der Waals surface area contributed by atoms with Crippen molar-refractivity contribution in [3.05, 3.63) is 94.0 Å². The highest BCUT2D eigenvalue weighted by atomic mass is 16.1. The first-order chi connectivity index (χ1) is 12.6. The van der Waals surface area contributed by atoms with Crippen molar-refractivity contribution in [2.24, 2.45) is 0 Å². The molecule has 0 saturated carbocycles. The van der Waals surface area contributed by atoms with Crippen LogP contribution in [-0.2, 0) is 6.42 Å². The van der Waals surface area contributed by atoms with Crippen molar-refractivity contribution >= 4 is 22.9 Å². The van der Waals surface area contributed by atoms with Gasteiger partial charge >= 0.3 is 0 Å². The van der Waals surface area contributed by atoms with Crippen molar-refractivity contribution in [1.29, 1.82) is 0 Å². The Morgan fingerprint density at radius 3 is 2.08 bits per heavy atom. The van der Waals surface area contributed by atoms with E-state index in [1.165, 1.54) is 5.56 Å². The third-order valence-electron chi connectivity index (χ3n) is 5.05. The summed E-state index contributed by atoms with van der Waals surface area (Å²) in [6.45, 7) is 4.19. The average molecular weight is 341 g/mol. The minimum absolute atomic E-state index is 0.0992. The Balaban J connectivity index is 1.84. The minimum Gasteiger partial charge on any atom is -0.355 e. The molecule has 1 aliphatic carbocycles. The number of aryl methyl sites for hydroxylation is 1. The number of benzene rings is 3. The lowest BCUT2D eigenvalue weighted by Gasteiger charge is -2.21. The smallest absolute Gasteiger partial charge is 0.196 e. The van der Waals surface area contributed by atoms with Crippen molar-refractivity contribution < 1.29 is 9.59 Å². The van der Waals surface area contributed by atoms with Crippen molar-refractivity contribution in [2.45, 2.75) is 20.3 Å². The summed E-state index contributed by atoms with van der Waals surface area (Å²) < 4.78 is 0. The van der Waals surface area contributed by atoms with Crippen LogP contribution in [0.4, 0.5) is 11.4 Å². The summed E-state index contributed by atoms with van der Waals surface area (Å²) in [6, 6.07) is 18.5. The second-order valence-electron chi connectivity index (χ2n) is 6.50. The Morgan fingerprint density at radius 2 is 1.35 bits per heavy atom. The first kappa shape index (κ1) is 16.3. The lowest BCUT2D eigenvalue weighted by atomic mass is 9.83. The first-order valence-electron chi connectivity index (χ1n) is 8.78. The molecule has 0 amide bonds. The molecule has 0 bridgehead atoms. The van der Waals surface area contributed by atoms with Gasteiger partial charge in [-0.1, -0.05) is 55.5 Å². The second-order valence-corrected chi connectivity index (χ2v) is 6.50. The van der Waals surface area contributed by atoms with E-state index in [0.29, 0.717) is 27.9 Å². The normalized spacial score (nSPS) is 12.5. The van der Waals surface area contributed by atoms with Crippen LogP contribution in [0.2, 0.25) is 0 Å². The molecule has 0 unspecified atom stereocenters. The Bertz CT molecular complexity index is 1050. The number of fused-ring (bicyclic) bond motifs is 2. The van der Waals surface area contributed by atoms with Gasteiger partial charge < -0.3 is 5.32 Å². The van der Waals surface area contributed by atoms with Gasteiger partial charge in [0, 0.05) is 22.4 Å². The quantitative estimate of drug-likeness (QED) is 0.565. The zero-order valence-electron chi connectivity index (χ0n) is 14.8. The van der Waals surface area contributed by atoms with Crippen LogP contribution in [-0.4, -0.2) is 11.6 Å². The third kappa shape index (κ3) is 2.44. The molecule has 3 heteroatoms. The first-order valence-corrected chi connectivity index (χ1v) is 8.78. The summed E-state index contributed by atoms with van der Waals surface area (Å²) in [5.41, 5.74) is 5.91. The lowest BCUT2D eigenvalue weighted by Crippen LogP contribution is -2.22. The molecule has 26 heavy (non-hydrogen) atoms. The number of rotatable bonds is 3. The molecular formula is C23H19NO2. The number of carbonyl (C=O) groups is 2. The Labute approximate surface area is 152 Å². The van der Waals surface area contributed by atoms with Gasteiger partial charge in [0.1, 0.15) is 0 Å². The number of carbonyl (C=O) groups excluding carboxylic acids is 2. The summed E-state index contributed by atoms with van der Waals surface area (Å²) in [5, 5.41) is 3.38. The predicted octanol–water partition coefficient (Wildman–Crippen LogP) is 5.08. The molecule has 4 rings (SSSR count). The van der Waals surface area contributed by atoms with E-state index in [1.807, 2.05) is 24.3 Å². The predicted molar refractivity (Wildman–Crippen MR) is 104 cm³/mol. The van der Waals surface area contributed by atoms with Gasteiger partial charge in [0.25, 0.3) is 0 Å². The molecule has 0 atom stereocenters. The van der Waals surface area contributed by atoms with Crippen LogP contribution in [0.25, 0.3) is 0 Å². The van der Waals surface area contributed by atoms with Gasteiger partial charge in [0.15, 0.2) is 11.6 Å². The molecule has 3 aromatic rings. The van der Waals surface area contributed by atoms with Gasteiger partial charge in [-0.2, -0.15) is 0 Å². The largest absolute Gasteiger partial charge is 0.355 e. The monoisotopic (exact) mass is 341 g/mol. The summed E-state index contributed by atoms with van der Waals surface area (Å²) >= 11 is 0. The van der Waals surface area contributed by atoms with E-state index >= 15 is 0 Å². The highest BCUT2D eigenvalue weighted by molar-refractivity contribution is 6.30. The maximum Gasteiger partial charge on any atom is 0.196 e. The minimum atomic E-state index is -0.109. The molecule has 1 N–H and O–H groups in total. The molecule has 0 aliphatic heterocycles. The lowest BCUT2D eigenvalue weighted by molar-refractivity contribution is 0.0979. The van der Waals surface area contributed by atoms with Gasteiger partial charge in [-0.15, -0.1) is 0 Å². The second kappa shape index (κ2) is 6.26. The Kier molecular flexibility index (Phi) is 3.92. The van der Waals surface area contributed by atoms with E-state index in [-0.39, 0.29) is 11.6 Å². The summed E-state index contributed by atoms with van der Waals surface area (Å²) in [4.78, 5) is 25.9. The molecule has 1 aliphatic rings. The molecule has 3 nitrogen and oxygen atoms in total. The number of ketones is 2. The van der Waals surface area contributed by atoms with Crippen LogP contribution in [0, 0.1) is 6.92 Å². The van der Waals surface area contributed by atoms with Gasteiger partial charge in [0.05, 0.1) is 11.3 Å². The fraction of sp³-hybridized carbons (Fsp3) is 0.130. The highest BCUT2D eigenvalue weighted by Gasteiger charge is 2.31. The van der Waals surface area contributed by atoms with Crippen LogP contribution in [0.3, 0.4) is 0 Å². The number of hydrogen-bond donors (Lipinski definition) is 1. The van der Waals surface area contributed by atoms with Crippen LogP contribution >= 0.6 is 0 Å². The van der Waals surface area contributed by atoms with Gasteiger partial charge in [-0.3, -0.25) is 9.59 Å². The molecular weight excluding hydrogens is 322 g/mol. The zero-order valence-corrected chi connectivity index (χ0v) is 14.8. The molecule has 0 aromatic heterocycles. The summed E-state index contributed by atoms with van der Waals surface area (Å²) in [7, 11) is 0. The molecule has 0 heterocycles.